The van der Waals surface area contributed by atoms with E-state index in [4.69, 9.17) is 0 Å². The summed E-state index contributed by atoms with van der Waals surface area (Å²) in [5.41, 5.74) is 3.03. The quantitative estimate of drug-likeness (QED) is 0.792. The summed E-state index contributed by atoms with van der Waals surface area (Å²) in [6.07, 6.45) is 0. The number of likely N-dealkylation sites (N-methyl/N-ethyl adjacent to an activating group) is 1. The van der Waals surface area contributed by atoms with Crippen molar-refractivity contribution in [2.75, 3.05) is 11.9 Å². The van der Waals surface area contributed by atoms with E-state index in [0.29, 0.717) is 5.71 Å². The van der Waals surface area contributed by atoms with E-state index in [0.717, 1.165) is 21.4 Å². The van der Waals surface area contributed by atoms with Crippen LogP contribution in [0.4, 0.5) is 11.4 Å². The molecule has 0 aliphatic carbocycles. The number of amides is 1. The first kappa shape index (κ1) is 12.1. The van der Waals surface area contributed by atoms with Gasteiger partial charge in [0.25, 0.3) is 5.91 Å². The average molecular weight is 315 g/mol. The molecular weight excluding hydrogens is 304 g/mol. The van der Waals surface area contributed by atoms with Crippen LogP contribution in [0.3, 0.4) is 0 Å². The predicted octanol–water partition coefficient (Wildman–Crippen LogP) is 3.55. The maximum absolute atomic E-state index is 12.3. The predicted molar refractivity (Wildman–Crippen MR) is 80.2 cm³/mol. The number of carbonyl (C=O) groups excluding carboxylic acids is 1. The van der Waals surface area contributed by atoms with Gasteiger partial charge in [0.05, 0.1) is 11.4 Å². The van der Waals surface area contributed by atoms with Crippen LogP contribution in [0.5, 0.6) is 0 Å². The van der Waals surface area contributed by atoms with E-state index in [1.165, 1.54) is 0 Å². The van der Waals surface area contributed by atoms with Crippen LogP contribution in [0.25, 0.3) is 0 Å². The molecule has 0 atom stereocenters. The molecule has 3 rings (SSSR count). The lowest BCUT2D eigenvalue weighted by Crippen LogP contribution is -2.25. The zero-order chi connectivity index (χ0) is 13.4. The van der Waals surface area contributed by atoms with Crippen molar-refractivity contribution >= 4 is 38.9 Å². The Labute approximate surface area is 119 Å². The molecule has 4 heteroatoms. The Morgan fingerprint density at radius 2 is 1.84 bits per heavy atom. The fourth-order valence-electron chi connectivity index (χ4n) is 2.11. The van der Waals surface area contributed by atoms with E-state index in [1.54, 1.807) is 11.9 Å². The Morgan fingerprint density at radius 1 is 1.11 bits per heavy atom. The lowest BCUT2D eigenvalue weighted by Gasteiger charge is -2.08. The molecule has 0 spiro atoms. The topological polar surface area (TPSA) is 32.7 Å². The summed E-state index contributed by atoms with van der Waals surface area (Å²) in [7, 11) is 1.77. The van der Waals surface area contributed by atoms with Crippen molar-refractivity contribution in [1.29, 1.82) is 0 Å². The molecule has 0 N–H and O–H groups in total. The van der Waals surface area contributed by atoms with Gasteiger partial charge in [-0.15, -0.1) is 0 Å². The molecule has 2 aromatic carbocycles. The molecule has 1 heterocycles. The molecule has 0 saturated heterocycles. The first-order valence-electron chi connectivity index (χ1n) is 5.88. The molecule has 1 aliphatic rings. The highest BCUT2D eigenvalue weighted by Gasteiger charge is 2.31. The number of para-hydroxylation sites is 1. The smallest absolute Gasteiger partial charge is 0.277 e. The van der Waals surface area contributed by atoms with Gasteiger partial charge in [-0.1, -0.05) is 34.1 Å². The standard InChI is InChI=1S/C15H11BrN2O/c1-18-13-8-7-10(16)9-12(13)14(15(18)19)17-11-5-3-2-4-6-11/h2-9H,1H3. The SMILES string of the molecule is CN1C(=O)C(=Nc2ccccc2)c2cc(Br)ccc21. The number of halogens is 1. The molecule has 94 valence electrons. The van der Waals surface area contributed by atoms with E-state index in [9.17, 15) is 4.79 Å². The number of hydrogen-bond donors (Lipinski definition) is 0. The molecule has 1 aliphatic heterocycles. The Bertz CT molecular complexity index is 680. The van der Waals surface area contributed by atoms with E-state index in [-0.39, 0.29) is 5.91 Å². The molecule has 19 heavy (non-hydrogen) atoms. The van der Waals surface area contributed by atoms with Gasteiger partial charge in [-0.3, -0.25) is 4.79 Å². The maximum Gasteiger partial charge on any atom is 0.277 e. The van der Waals surface area contributed by atoms with Crippen LogP contribution < -0.4 is 4.90 Å². The largest absolute Gasteiger partial charge is 0.309 e. The van der Waals surface area contributed by atoms with Crippen LogP contribution in [0.15, 0.2) is 58.0 Å². The number of benzene rings is 2. The molecule has 0 saturated carbocycles. The van der Waals surface area contributed by atoms with E-state index < -0.39 is 0 Å². The lowest BCUT2D eigenvalue weighted by atomic mass is 10.1. The van der Waals surface area contributed by atoms with E-state index in [2.05, 4.69) is 20.9 Å². The second-order valence-corrected chi connectivity index (χ2v) is 5.24. The summed E-state index contributed by atoms with van der Waals surface area (Å²) in [6.45, 7) is 0. The van der Waals surface area contributed by atoms with Crippen molar-refractivity contribution in [3.8, 4) is 0 Å². The van der Waals surface area contributed by atoms with Gasteiger partial charge < -0.3 is 4.90 Å². The minimum atomic E-state index is -0.0723. The number of aliphatic imine (C=N–C) groups is 1. The Morgan fingerprint density at radius 3 is 2.58 bits per heavy atom. The second-order valence-electron chi connectivity index (χ2n) is 4.32. The summed E-state index contributed by atoms with van der Waals surface area (Å²) in [4.78, 5) is 18.4. The third-order valence-electron chi connectivity index (χ3n) is 3.08. The fourth-order valence-corrected chi connectivity index (χ4v) is 2.47. The first-order chi connectivity index (χ1) is 9.16. The molecule has 0 unspecified atom stereocenters. The average Bonchev–Trinajstić information content (AvgIpc) is 2.65. The van der Waals surface area contributed by atoms with Gasteiger partial charge in [-0.2, -0.15) is 0 Å². The number of nitrogens with zero attached hydrogens (tertiary/aromatic N) is 2. The summed E-state index contributed by atoms with van der Waals surface area (Å²) in [5.74, 6) is -0.0723. The van der Waals surface area contributed by atoms with Crippen LogP contribution in [0, 0.1) is 0 Å². The highest BCUT2D eigenvalue weighted by molar-refractivity contribution is 9.10. The lowest BCUT2D eigenvalue weighted by molar-refractivity contribution is -0.111. The van der Waals surface area contributed by atoms with Gasteiger partial charge in [-0.05, 0) is 30.3 Å². The first-order valence-corrected chi connectivity index (χ1v) is 6.68. The number of fused-ring (bicyclic) bond motifs is 1. The molecule has 3 nitrogen and oxygen atoms in total. The van der Waals surface area contributed by atoms with Crippen LogP contribution in [0.2, 0.25) is 0 Å². The van der Waals surface area contributed by atoms with Crippen molar-refractivity contribution in [3.63, 3.8) is 0 Å². The van der Waals surface area contributed by atoms with Gasteiger partial charge in [0.15, 0.2) is 0 Å². The molecule has 0 bridgehead atoms. The van der Waals surface area contributed by atoms with Gasteiger partial charge >= 0.3 is 0 Å². The molecule has 0 radical (unpaired) electrons. The highest BCUT2D eigenvalue weighted by Crippen LogP contribution is 2.31. The molecular formula is C15H11BrN2O. The minimum Gasteiger partial charge on any atom is -0.309 e. The number of anilines is 1. The summed E-state index contributed by atoms with van der Waals surface area (Å²) < 4.78 is 0.940. The Balaban J connectivity index is 2.16. The van der Waals surface area contributed by atoms with Gasteiger partial charge in [0.1, 0.15) is 5.71 Å². The number of hydrogen-bond acceptors (Lipinski definition) is 2. The highest BCUT2D eigenvalue weighted by atomic mass is 79.9. The van der Waals surface area contributed by atoms with E-state index in [1.807, 2.05) is 48.5 Å². The molecule has 1 amide bonds. The minimum absolute atomic E-state index is 0.0723. The molecule has 0 aromatic heterocycles. The van der Waals surface area contributed by atoms with Crippen LogP contribution in [-0.2, 0) is 4.79 Å². The molecule has 0 fully saturated rings. The van der Waals surface area contributed by atoms with Crippen LogP contribution in [0.1, 0.15) is 5.56 Å². The third kappa shape index (κ3) is 2.08. The maximum atomic E-state index is 12.3. The van der Waals surface area contributed by atoms with Gasteiger partial charge in [0, 0.05) is 17.1 Å². The summed E-state index contributed by atoms with van der Waals surface area (Å²) >= 11 is 3.43. The van der Waals surface area contributed by atoms with Crippen molar-refractivity contribution in [3.05, 3.63) is 58.6 Å². The number of rotatable bonds is 1. The monoisotopic (exact) mass is 314 g/mol. The third-order valence-corrected chi connectivity index (χ3v) is 3.57. The number of carbonyl (C=O) groups is 1. The van der Waals surface area contributed by atoms with Crippen molar-refractivity contribution < 1.29 is 4.79 Å². The Hall–Kier alpha value is -1.94. The van der Waals surface area contributed by atoms with Gasteiger partial charge in [-0.25, -0.2) is 4.99 Å². The zero-order valence-electron chi connectivity index (χ0n) is 10.3. The van der Waals surface area contributed by atoms with E-state index >= 15 is 0 Å². The van der Waals surface area contributed by atoms with Crippen molar-refractivity contribution in [2.45, 2.75) is 0 Å². The fraction of sp³-hybridized carbons (Fsp3) is 0.0667. The molecule has 2 aromatic rings. The normalized spacial score (nSPS) is 16.0. The summed E-state index contributed by atoms with van der Waals surface area (Å²) in [6, 6.07) is 15.3. The summed E-state index contributed by atoms with van der Waals surface area (Å²) in [5, 5.41) is 0. The van der Waals surface area contributed by atoms with Crippen molar-refractivity contribution in [1.82, 2.24) is 0 Å². The van der Waals surface area contributed by atoms with Crippen LogP contribution >= 0.6 is 15.9 Å². The van der Waals surface area contributed by atoms with Crippen molar-refractivity contribution in [2.24, 2.45) is 4.99 Å². The Kier molecular flexibility index (Phi) is 2.95. The van der Waals surface area contributed by atoms with Gasteiger partial charge in [0.2, 0.25) is 0 Å². The second kappa shape index (κ2) is 4.63. The van der Waals surface area contributed by atoms with Crippen LogP contribution in [-0.4, -0.2) is 18.7 Å². The zero-order valence-corrected chi connectivity index (χ0v) is 11.9.